The average molecular weight is 322 g/mol. The van der Waals surface area contributed by atoms with E-state index in [1.165, 1.54) is 19.3 Å². The second-order valence-electron chi connectivity index (χ2n) is 7.80. The SMILES string of the molecule is CC(C)CCCCCC(C)CP(=O)(O)OCC[N+](C)(C)C. The highest BCUT2D eigenvalue weighted by molar-refractivity contribution is 7.52. The van der Waals surface area contributed by atoms with Crippen molar-refractivity contribution in [3.05, 3.63) is 0 Å². The van der Waals surface area contributed by atoms with E-state index in [-0.39, 0.29) is 12.1 Å². The smallest absolute Gasteiger partial charge is 0.328 e. The average Bonchev–Trinajstić information content (AvgIpc) is 2.24. The number of unbranched alkanes of at least 4 members (excludes halogenated alkanes) is 2. The van der Waals surface area contributed by atoms with E-state index in [9.17, 15) is 9.46 Å². The molecular formula is C16H37NO3P+. The molecule has 0 aromatic rings. The summed E-state index contributed by atoms with van der Waals surface area (Å²) in [6.45, 7) is 7.64. The normalized spacial score (nSPS) is 17.0. The molecule has 5 heteroatoms. The fraction of sp³-hybridized carbons (Fsp3) is 1.00. The van der Waals surface area contributed by atoms with Crippen molar-refractivity contribution in [3.8, 4) is 0 Å². The van der Waals surface area contributed by atoms with Crippen molar-refractivity contribution in [2.45, 2.75) is 52.9 Å². The lowest BCUT2D eigenvalue weighted by atomic mass is 10.0. The minimum atomic E-state index is -3.42. The zero-order chi connectivity index (χ0) is 16.5. The van der Waals surface area contributed by atoms with Crippen LogP contribution in [0.25, 0.3) is 0 Å². The standard InChI is InChI=1S/C16H36NO3P/c1-15(2)10-8-7-9-11-16(3)14-21(18,19)20-13-12-17(4,5)6/h15-16H,7-14H2,1-6H3/p+1. The van der Waals surface area contributed by atoms with Crippen molar-refractivity contribution in [3.63, 3.8) is 0 Å². The van der Waals surface area contributed by atoms with E-state index < -0.39 is 7.60 Å². The summed E-state index contributed by atoms with van der Waals surface area (Å²) >= 11 is 0. The molecule has 2 unspecified atom stereocenters. The fourth-order valence-electron chi connectivity index (χ4n) is 2.22. The van der Waals surface area contributed by atoms with Gasteiger partial charge in [-0.2, -0.15) is 0 Å². The highest BCUT2D eigenvalue weighted by Gasteiger charge is 2.23. The van der Waals surface area contributed by atoms with E-state index in [0.717, 1.165) is 29.8 Å². The van der Waals surface area contributed by atoms with Gasteiger partial charge in [-0.15, -0.1) is 0 Å². The number of hydrogen-bond donors (Lipinski definition) is 1. The molecule has 0 fully saturated rings. The topological polar surface area (TPSA) is 46.5 Å². The maximum atomic E-state index is 12.0. The Morgan fingerprint density at radius 1 is 1.05 bits per heavy atom. The van der Waals surface area contributed by atoms with E-state index in [0.29, 0.717) is 6.61 Å². The molecule has 0 aromatic heterocycles. The Hall–Kier alpha value is 0.110. The molecule has 0 saturated heterocycles. The third-order valence-electron chi connectivity index (χ3n) is 3.58. The fourth-order valence-corrected chi connectivity index (χ4v) is 3.66. The van der Waals surface area contributed by atoms with Crippen LogP contribution < -0.4 is 0 Å². The predicted octanol–water partition coefficient (Wildman–Crippen LogP) is 4.14. The number of nitrogens with zero attached hydrogens (tertiary/aromatic N) is 1. The van der Waals surface area contributed by atoms with Gasteiger partial charge in [0.15, 0.2) is 0 Å². The molecule has 0 rings (SSSR count). The summed E-state index contributed by atoms with van der Waals surface area (Å²) in [6.07, 6.45) is 6.21. The Kier molecular flexibility index (Phi) is 10.0. The molecule has 0 bridgehead atoms. The summed E-state index contributed by atoms with van der Waals surface area (Å²) in [5.41, 5.74) is 0. The minimum Gasteiger partial charge on any atom is -0.329 e. The number of quaternary nitrogens is 1. The lowest BCUT2D eigenvalue weighted by Gasteiger charge is -2.24. The van der Waals surface area contributed by atoms with Crippen LogP contribution in [0.5, 0.6) is 0 Å². The van der Waals surface area contributed by atoms with E-state index in [4.69, 9.17) is 4.52 Å². The molecular weight excluding hydrogens is 285 g/mol. The van der Waals surface area contributed by atoms with Crippen LogP contribution in [-0.4, -0.2) is 49.8 Å². The van der Waals surface area contributed by atoms with Gasteiger partial charge in [0, 0.05) is 0 Å². The number of likely N-dealkylation sites (N-methyl/N-ethyl adjacent to an activating group) is 1. The molecule has 21 heavy (non-hydrogen) atoms. The summed E-state index contributed by atoms with van der Waals surface area (Å²) < 4.78 is 18.0. The Morgan fingerprint density at radius 2 is 1.62 bits per heavy atom. The lowest BCUT2D eigenvalue weighted by Crippen LogP contribution is -2.37. The number of hydrogen-bond acceptors (Lipinski definition) is 2. The van der Waals surface area contributed by atoms with Crippen molar-refractivity contribution >= 4 is 7.60 Å². The third-order valence-corrected chi connectivity index (χ3v) is 5.25. The van der Waals surface area contributed by atoms with Crippen LogP contribution in [0.4, 0.5) is 0 Å². The molecule has 0 heterocycles. The van der Waals surface area contributed by atoms with Crippen molar-refractivity contribution in [2.24, 2.45) is 11.8 Å². The van der Waals surface area contributed by atoms with Crippen molar-refractivity contribution in [1.29, 1.82) is 0 Å². The first kappa shape index (κ1) is 21.1. The van der Waals surface area contributed by atoms with Crippen molar-refractivity contribution in [1.82, 2.24) is 0 Å². The third kappa shape index (κ3) is 14.8. The molecule has 0 aromatic carbocycles. The van der Waals surface area contributed by atoms with E-state index in [1.54, 1.807) is 0 Å². The number of rotatable bonds is 12. The molecule has 128 valence electrons. The van der Waals surface area contributed by atoms with Crippen LogP contribution in [0.15, 0.2) is 0 Å². The van der Waals surface area contributed by atoms with Crippen LogP contribution in [-0.2, 0) is 9.09 Å². The van der Waals surface area contributed by atoms with Gasteiger partial charge in [0.2, 0.25) is 0 Å². The van der Waals surface area contributed by atoms with Gasteiger partial charge in [-0.25, -0.2) is 0 Å². The first-order valence-corrected chi connectivity index (χ1v) is 10.0. The second kappa shape index (κ2) is 9.99. The quantitative estimate of drug-likeness (QED) is 0.334. The minimum absolute atomic E-state index is 0.254. The van der Waals surface area contributed by atoms with Crippen molar-refractivity contribution in [2.75, 3.05) is 40.5 Å². The monoisotopic (exact) mass is 322 g/mol. The first-order chi connectivity index (χ1) is 9.52. The molecule has 0 amide bonds. The van der Waals surface area contributed by atoms with Gasteiger partial charge in [-0.3, -0.25) is 4.57 Å². The van der Waals surface area contributed by atoms with E-state index in [1.807, 2.05) is 21.1 Å². The summed E-state index contributed by atoms with van der Waals surface area (Å²) in [7, 11) is 2.73. The molecule has 0 aliphatic heterocycles. The van der Waals surface area contributed by atoms with Gasteiger partial charge in [-0.1, -0.05) is 52.9 Å². The highest BCUT2D eigenvalue weighted by atomic mass is 31.2. The molecule has 0 aliphatic carbocycles. The van der Waals surface area contributed by atoms with Gasteiger partial charge >= 0.3 is 7.60 Å². The maximum absolute atomic E-state index is 12.0. The molecule has 0 radical (unpaired) electrons. The van der Waals surface area contributed by atoms with Gasteiger partial charge < -0.3 is 13.9 Å². The Labute approximate surface area is 132 Å². The van der Waals surface area contributed by atoms with Crippen LogP contribution in [0, 0.1) is 11.8 Å². The highest BCUT2D eigenvalue weighted by Crippen LogP contribution is 2.44. The van der Waals surface area contributed by atoms with Crippen LogP contribution in [0.3, 0.4) is 0 Å². The Balaban J connectivity index is 3.80. The first-order valence-electron chi connectivity index (χ1n) is 8.28. The van der Waals surface area contributed by atoms with Gasteiger partial charge in [0.05, 0.1) is 27.3 Å². The van der Waals surface area contributed by atoms with Gasteiger partial charge in [-0.05, 0) is 11.8 Å². The summed E-state index contributed by atoms with van der Waals surface area (Å²) in [5.74, 6) is 1.03. The summed E-state index contributed by atoms with van der Waals surface area (Å²) in [6, 6.07) is 0. The maximum Gasteiger partial charge on any atom is 0.328 e. The molecule has 2 atom stereocenters. The van der Waals surface area contributed by atoms with Crippen LogP contribution >= 0.6 is 7.60 Å². The molecule has 0 saturated carbocycles. The van der Waals surface area contributed by atoms with Crippen LogP contribution in [0.1, 0.15) is 52.9 Å². The zero-order valence-electron chi connectivity index (χ0n) is 15.0. The zero-order valence-corrected chi connectivity index (χ0v) is 15.9. The van der Waals surface area contributed by atoms with Crippen molar-refractivity contribution < 1.29 is 18.5 Å². The Morgan fingerprint density at radius 3 is 2.14 bits per heavy atom. The largest absolute Gasteiger partial charge is 0.329 e. The summed E-state index contributed by atoms with van der Waals surface area (Å²) in [4.78, 5) is 9.88. The summed E-state index contributed by atoms with van der Waals surface area (Å²) in [5, 5.41) is 0. The predicted molar refractivity (Wildman–Crippen MR) is 90.6 cm³/mol. The van der Waals surface area contributed by atoms with E-state index >= 15 is 0 Å². The molecule has 0 spiro atoms. The van der Waals surface area contributed by atoms with Crippen LogP contribution in [0.2, 0.25) is 0 Å². The van der Waals surface area contributed by atoms with Gasteiger partial charge in [0.1, 0.15) is 13.2 Å². The molecule has 0 aliphatic rings. The second-order valence-corrected chi connectivity index (χ2v) is 9.70. The lowest BCUT2D eigenvalue weighted by molar-refractivity contribution is -0.870. The van der Waals surface area contributed by atoms with E-state index in [2.05, 4.69) is 20.8 Å². The molecule has 1 N–H and O–H groups in total. The van der Waals surface area contributed by atoms with Gasteiger partial charge in [0.25, 0.3) is 0 Å². The Bertz CT molecular complexity index is 313. The molecule has 4 nitrogen and oxygen atoms in total.